The molecule has 0 atom stereocenters. The van der Waals surface area contributed by atoms with Crippen molar-refractivity contribution in [2.24, 2.45) is 0 Å². The maximum Gasteiger partial charge on any atom is 0.179 e. The average molecular weight is 163 g/mol. The molecule has 0 bridgehead atoms. The minimum absolute atomic E-state index is 0.713. The first-order valence-corrected chi connectivity index (χ1v) is 3.70. The Balaban J connectivity index is 2.55. The summed E-state index contributed by atoms with van der Waals surface area (Å²) in [5, 5.41) is 11.0. The summed E-state index contributed by atoms with van der Waals surface area (Å²) >= 11 is 0. The van der Waals surface area contributed by atoms with Gasteiger partial charge in [0.25, 0.3) is 0 Å². The molecular formula is C7H9N5. The van der Waals surface area contributed by atoms with Crippen molar-refractivity contribution in [1.29, 1.82) is 0 Å². The van der Waals surface area contributed by atoms with Crippen molar-refractivity contribution in [1.82, 2.24) is 24.9 Å². The van der Waals surface area contributed by atoms with Crippen molar-refractivity contribution < 1.29 is 0 Å². The second kappa shape index (κ2) is 2.86. The third kappa shape index (κ3) is 1.04. The van der Waals surface area contributed by atoms with E-state index in [1.807, 2.05) is 17.6 Å². The summed E-state index contributed by atoms with van der Waals surface area (Å²) in [4.78, 5) is 3.94. The van der Waals surface area contributed by atoms with E-state index in [4.69, 9.17) is 0 Å². The van der Waals surface area contributed by atoms with E-state index in [-0.39, 0.29) is 0 Å². The SMILES string of the molecule is CNCc1nnc2cnccn12. The molecule has 0 aliphatic rings. The minimum Gasteiger partial charge on any atom is -0.313 e. The van der Waals surface area contributed by atoms with Crippen LogP contribution in [0.2, 0.25) is 0 Å². The number of hydrogen-bond donors (Lipinski definition) is 1. The van der Waals surface area contributed by atoms with Gasteiger partial charge in [-0.2, -0.15) is 0 Å². The molecule has 0 aliphatic carbocycles. The van der Waals surface area contributed by atoms with E-state index in [1.165, 1.54) is 0 Å². The van der Waals surface area contributed by atoms with Crippen LogP contribution in [0, 0.1) is 0 Å². The Morgan fingerprint density at radius 3 is 3.25 bits per heavy atom. The maximum absolute atomic E-state index is 4.00. The third-order valence-corrected chi connectivity index (χ3v) is 1.62. The molecule has 62 valence electrons. The highest BCUT2D eigenvalue weighted by atomic mass is 15.3. The Morgan fingerprint density at radius 1 is 1.50 bits per heavy atom. The third-order valence-electron chi connectivity index (χ3n) is 1.62. The van der Waals surface area contributed by atoms with Crippen LogP contribution < -0.4 is 5.32 Å². The van der Waals surface area contributed by atoms with Crippen LogP contribution in [-0.2, 0) is 6.54 Å². The Labute approximate surface area is 69.5 Å². The van der Waals surface area contributed by atoms with Crippen LogP contribution in [0.25, 0.3) is 5.65 Å². The number of hydrogen-bond acceptors (Lipinski definition) is 4. The van der Waals surface area contributed by atoms with Crippen molar-refractivity contribution in [2.45, 2.75) is 6.54 Å². The summed E-state index contributed by atoms with van der Waals surface area (Å²) in [7, 11) is 1.88. The fraction of sp³-hybridized carbons (Fsp3) is 0.286. The molecule has 0 aliphatic heterocycles. The quantitative estimate of drug-likeness (QED) is 0.668. The largest absolute Gasteiger partial charge is 0.313 e. The predicted molar refractivity (Wildman–Crippen MR) is 43.5 cm³/mol. The Bertz CT molecular complexity index is 380. The van der Waals surface area contributed by atoms with Gasteiger partial charge in [-0.25, -0.2) is 0 Å². The number of nitrogens with one attached hydrogen (secondary N) is 1. The Kier molecular flexibility index (Phi) is 1.71. The molecule has 0 saturated carbocycles. The van der Waals surface area contributed by atoms with Crippen LogP contribution in [0.1, 0.15) is 5.82 Å². The van der Waals surface area contributed by atoms with Gasteiger partial charge in [-0.15, -0.1) is 10.2 Å². The second-order valence-corrected chi connectivity index (χ2v) is 2.45. The van der Waals surface area contributed by atoms with Crippen LogP contribution in [0.3, 0.4) is 0 Å². The van der Waals surface area contributed by atoms with Crippen molar-refractivity contribution >= 4 is 5.65 Å². The molecule has 0 saturated heterocycles. The molecule has 2 aromatic rings. The van der Waals surface area contributed by atoms with E-state index in [2.05, 4.69) is 20.5 Å². The van der Waals surface area contributed by atoms with Gasteiger partial charge < -0.3 is 5.32 Å². The Hall–Kier alpha value is -1.49. The predicted octanol–water partition coefficient (Wildman–Crippen LogP) is -0.156. The lowest BCUT2D eigenvalue weighted by atomic mass is 10.5. The average Bonchev–Trinajstić information content (AvgIpc) is 2.50. The molecular weight excluding hydrogens is 154 g/mol. The van der Waals surface area contributed by atoms with Crippen molar-refractivity contribution in [2.75, 3.05) is 7.05 Å². The van der Waals surface area contributed by atoms with Crippen LogP contribution in [0.15, 0.2) is 18.6 Å². The highest BCUT2D eigenvalue weighted by molar-refractivity contribution is 5.33. The molecule has 2 aromatic heterocycles. The van der Waals surface area contributed by atoms with Gasteiger partial charge in [0.15, 0.2) is 11.5 Å². The first-order chi connectivity index (χ1) is 5.92. The molecule has 0 spiro atoms. The first kappa shape index (κ1) is 7.17. The van der Waals surface area contributed by atoms with Gasteiger partial charge in [-0.05, 0) is 7.05 Å². The summed E-state index contributed by atoms with van der Waals surface area (Å²) < 4.78 is 1.91. The summed E-state index contributed by atoms with van der Waals surface area (Å²) in [5.41, 5.74) is 0.780. The second-order valence-electron chi connectivity index (χ2n) is 2.45. The number of nitrogens with zero attached hydrogens (tertiary/aromatic N) is 4. The normalized spacial score (nSPS) is 10.8. The maximum atomic E-state index is 4.00. The lowest BCUT2D eigenvalue weighted by Crippen LogP contribution is -2.08. The highest BCUT2D eigenvalue weighted by Crippen LogP contribution is 1.99. The van der Waals surface area contributed by atoms with Gasteiger partial charge in [-0.1, -0.05) is 0 Å². The summed E-state index contributed by atoms with van der Waals surface area (Å²) in [6.07, 6.45) is 5.25. The van der Waals surface area contributed by atoms with E-state index in [0.717, 1.165) is 11.5 Å². The standard InChI is InChI=1S/C7H9N5/c1-8-4-6-10-11-7-5-9-2-3-12(6)7/h2-3,5,8H,4H2,1H3. The molecule has 0 radical (unpaired) electrons. The topological polar surface area (TPSA) is 55.1 Å². The summed E-state index contributed by atoms with van der Waals surface area (Å²) in [6, 6.07) is 0. The molecule has 0 unspecified atom stereocenters. The molecule has 1 N–H and O–H groups in total. The smallest absolute Gasteiger partial charge is 0.179 e. The van der Waals surface area contributed by atoms with Crippen LogP contribution >= 0.6 is 0 Å². The molecule has 12 heavy (non-hydrogen) atoms. The summed E-state index contributed by atoms with van der Waals surface area (Å²) in [5.74, 6) is 0.898. The van der Waals surface area contributed by atoms with Crippen LogP contribution in [-0.4, -0.2) is 26.6 Å². The zero-order valence-electron chi connectivity index (χ0n) is 6.73. The van der Waals surface area contributed by atoms with E-state index >= 15 is 0 Å². The highest BCUT2D eigenvalue weighted by Gasteiger charge is 2.01. The lowest BCUT2D eigenvalue weighted by Gasteiger charge is -1.95. The van der Waals surface area contributed by atoms with Crippen molar-refractivity contribution in [3.8, 4) is 0 Å². The van der Waals surface area contributed by atoms with E-state index in [9.17, 15) is 0 Å². The number of fused-ring (bicyclic) bond motifs is 1. The minimum atomic E-state index is 0.713. The van der Waals surface area contributed by atoms with Crippen LogP contribution in [0.5, 0.6) is 0 Å². The van der Waals surface area contributed by atoms with Gasteiger partial charge in [-0.3, -0.25) is 9.38 Å². The first-order valence-electron chi connectivity index (χ1n) is 3.70. The molecule has 2 rings (SSSR count). The fourth-order valence-electron chi connectivity index (χ4n) is 1.08. The van der Waals surface area contributed by atoms with Gasteiger partial charge in [0.2, 0.25) is 0 Å². The molecule has 5 heteroatoms. The van der Waals surface area contributed by atoms with Gasteiger partial charge in [0.1, 0.15) is 0 Å². The molecule has 0 fully saturated rings. The molecule has 0 amide bonds. The van der Waals surface area contributed by atoms with E-state index in [0.29, 0.717) is 6.54 Å². The molecule has 5 nitrogen and oxygen atoms in total. The molecule has 0 aromatic carbocycles. The number of aromatic nitrogens is 4. The number of rotatable bonds is 2. The monoisotopic (exact) mass is 163 g/mol. The fourth-order valence-corrected chi connectivity index (χ4v) is 1.08. The molecule has 2 heterocycles. The van der Waals surface area contributed by atoms with Gasteiger partial charge in [0, 0.05) is 12.4 Å². The van der Waals surface area contributed by atoms with Crippen molar-refractivity contribution in [3.63, 3.8) is 0 Å². The van der Waals surface area contributed by atoms with Gasteiger partial charge >= 0.3 is 0 Å². The Morgan fingerprint density at radius 2 is 2.42 bits per heavy atom. The van der Waals surface area contributed by atoms with Crippen LogP contribution in [0.4, 0.5) is 0 Å². The van der Waals surface area contributed by atoms with Gasteiger partial charge in [0.05, 0.1) is 12.7 Å². The van der Waals surface area contributed by atoms with E-state index < -0.39 is 0 Å². The lowest BCUT2D eigenvalue weighted by molar-refractivity contribution is 0.746. The zero-order chi connectivity index (χ0) is 8.39. The van der Waals surface area contributed by atoms with E-state index in [1.54, 1.807) is 12.4 Å². The van der Waals surface area contributed by atoms with Crippen molar-refractivity contribution in [3.05, 3.63) is 24.4 Å². The summed E-state index contributed by atoms with van der Waals surface area (Å²) in [6.45, 7) is 0.713. The zero-order valence-corrected chi connectivity index (χ0v) is 6.73.